The Morgan fingerprint density at radius 1 is 1.30 bits per heavy atom. The molecule has 2 aliphatic rings. The summed E-state index contributed by atoms with van der Waals surface area (Å²) >= 11 is 0. The van der Waals surface area contributed by atoms with Crippen LogP contribution in [0, 0.1) is 5.82 Å². The molecule has 0 radical (unpaired) electrons. The quantitative estimate of drug-likeness (QED) is 0.916. The fourth-order valence-corrected chi connectivity index (χ4v) is 3.60. The molecular weight excluding hydrogens is 253 g/mol. The van der Waals surface area contributed by atoms with E-state index in [4.69, 9.17) is 5.73 Å². The summed E-state index contributed by atoms with van der Waals surface area (Å²) in [5.41, 5.74) is 6.99. The van der Waals surface area contributed by atoms with Gasteiger partial charge in [-0.15, -0.1) is 0 Å². The molecule has 1 aromatic rings. The van der Waals surface area contributed by atoms with Gasteiger partial charge in [0.2, 0.25) is 0 Å². The summed E-state index contributed by atoms with van der Waals surface area (Å²) in [6.07, 6.45) is 2.59. The van der Waals surface area contributed by atoms with Gasteiger partial charge in [0.15, 0.2) is 0 Å². The molecule has 2 N–H and O–H groups in total. The molecule has 0 saturated carbocycles. The van der Waals surface area contributed by atoms with Crippen LogP contribution in [0.1, 0.15) is 30.9 Å². The van der Waals surface area contributed by atoms with Crippen molar-refractivity contribution >= 4 is 0 Å². The molecule has 3 rings (SSSR count). The standard InChI is InChI=1S/C16H24FN3/c1-12-9-19-7-3-6-15(19)11-20(12)10-14-5-2-4-13(8-18)16(14)17/h2,4-5,12,15H,3,6-11,18H2,1H3. The highest BCUT2D eigenvalue weighted by Gasteiger charge is 2.34. The van der Waals surface area contributed by atoms with E-state index in [1.807, 2.05) is 12.1 Å². The summed E-state index contributed by atoms with van der Waals surface area (Å²) in [7, 11) is 0. The number of hydrogen-bond donors (Lipinski definition) is 1. The van der Waals surface area contributed by atoms with Crippen molar-refractivity contribution in [3.8, 4) is 0 Å². The molecular formula is C16H24FN3. The van der Waals surface area contributed by atoms with Gasteiger partial charge in [-0.25, -0.2) is 4.39 Å². The molecule has 2 heterocycles. The van der Waals surface area contributed by atoms with Gasteiger partial charge < -0.3 is 5.73 Å². The Kier molecular flexibility index (Phi) is 4.06. The van der Waals surface area contributed by atoms with Gasteiger partial charge in [-0.05, 0) is 26.3 Å². The van der Waals surface area contributed by atoms with Crippen molar-refractivity contribution in [3.63, 3.8) is 0 Å². The third-order valence-electron chi connectivity index (χ3n) is 4.82. The summed E-state index contributed by atoms with van der Waals surface area (Å²) in [5.74, 6) is -0.115. The van der Waals surface area contributed by atoms with E-state index < -0.39 is 0 Å². The van der Waals surface area contributed by atoms with E-state index in [1.165, 1.54) is 19.4 Å². The zero-order valence-corrected chi connectivity index (χ0v) is 12.2. The van der Waals surface area contributed by atoms with Crippen molar-refractivity contribution in [2.75, 3.05) is 19.6 Å². The molecule has 4 heteroatoms. The van der Waals surface area contributed by atoms with Crippen LogP contribution in [0.2, 0.25) is 0 Å². The molecule has 0 aliphatic carbocycles. The van der Waals surface area contributed by atoms with Crippen molar-refractivity contribution in [1.82, 2.24) is 9.80 Å². The molecule has 0 amide bonds. The predicted octanol–water partition coefficient (Wildman–Crippen LogP) is 1.95. The van der Waals surface area contributed by atoms with Crippen molar-refractivity contribution in [2.45, 2.75) is 44.9 Å². The Labute approximate surface area is 120 Å². The molecule has 2 fully saturated rings. The molecule has 0 bridgehead atoms. The second-order valence-corrected chi connectivity index (χ2v) is 6.16. The van der Waals surface area contributed by atoms with Crippen LogP contribution in [0.3, 0.4) is 0 Å². The van der Waals surface area contributed by atoms with Crippen LogP contribution in [0.15, 0.2) is 18.2 Å². The fourth-order valence-electron chi connectivity index (χ4n) is 3.60. The van der Waals surface area contributed by atoms with Gasteiger partial charge in [-0.3, -0.25) is 9.80 Å². The first-order valence-electron chi connectivity index (χ1n) is 7.63. The highest BCUT2D eigenvalue weighted by molar-refractivity contribution is 5.26. The Hall–Kier alpha value is -0.970. The van der Waals surface area contributed by atoms with Crippen molar-refractivity contribution in [1.29, 1.82) is 0 Å². The zero-order valence-electron chi connectivity index (χ0n) is 12.2. The summed E-state index contributed by atoms with van der Waals surface area (Å²) in [6, 6.07) is 6.74. The number of benzene rings is 1. The first kappa shape index (κ1) is 14.0. The lowest BCUT2D eigenvalue weighted by Crippen LogP contribution is -2.54. The maximum atomic E-state index is 14.3. The van der Waals surface area contributed by atoms with Gasteiger partial charge in [0.25, 0.3) is 0 Å². The maximum absolute atomic E-state index is 14.3. The first-order chi connectivity index (χ1) is 9.69. The van der Waals surface area contributed by atoms with Crippen LogP contribution in [-0.4, -0.2) is 41.5 Å². The second-order valence-electron chi connectivity index (χ2n) is 6.16. The van der Waals surface area contributed by atoms with E-state index in [-0.39, 0.29) is 12.4 Å². The number of nitrogens with zero attached hydrogens (tertiary/aromatic N) is 2. The third-order valence-corrected chi connectivity index (χ3v) is 4.82. The average molecular weight is 277 g/mol. The maximum Gasteiger partial charge on any atom is 0.132 e. The molecule has 1 aromatic carbocycles. The fraction of sp³-hybridized carbons (Fsp3) is 0.625. The lowest BCUT2D eigenvalue weighted by atomic mass is 10.0. The van der Waals surface area contributed by atoms with Gasteiger partial charge in [0, 0.05) is 49.4 Å². The monoisotopic (exact) mass is 277 g/mol. The summed E-state index contributed by atoms with van der Waals surface area (Å²) < 4.78 is 14.3. The minimum absolute atomic E-state index is 0.115. The first-order valence-corrected chi connectivity index (χ1v) is 7.63. The molecule has 2 aliphatic heterocycles. The zero-order chi connectivity index (χ0) is 14.1. The SMILES string of the molecule is CC1CN2CCCC2CN1Cc1cccc(CN)c1F. The summed E-state index contributed by atoms with van der Waals surface area (Å²) in [5, 5.41) is 0. The van der Waals surface area contributed by atoms with Crippen molar-refractivity contribution < 1.29 is 4.39 Å². The lowest BCUT2D eigenvalue weighted by molar-refractivity contribution is 0.0533. The molecule has 0 aromatic heterocycles. The Morgan fingerprint density at radius 3 is 2.90 bits per heavy atom. The van der Waals surface area contributed by atoms with Crippen molar-refractivity contribution in [2.24, 2.45) is 5.73 Å². The summed E-state index contributed by atoms with van der Waals surface area (Å²) in [4.78, 5) is 5.01. The number of halogens is 1. The molecule has 2 unspecified atom stereocenters. The van der Waals surface area contributed by atoms with Crippen LogP contribution in [0.25, 0.3) is 0 Å². The molecule has 3 nitrogen and oxygen atoms in total. The molecule has 2 saturated heterocycles. The highest BCUT2D eigenvalue weighted by Crippen LogP contribution is 2.26. The van der Waals surface area contributed by atoms with Gasteiger partial charge in [0.05, 0.1) is 0 Å². The van der Waals surface area contributed by atoms with Crippen molar-refractivity contribution in [3.05, 3.63) is 35.1 Å². The Bertz CT molecular complexity index is 477. The van der Waals surface area contributed by atoms with Crippen LogP contribution >= 0.6 is 0 Å². The minimum atomic E-state index is -0.115. The van der Waals surface area contributed by atoms with Gasteiger partial charge >= 0.3 is 0 Å². The molecule has 110 valence electrons. The van der Waals surface area contributed by atoms with Gasteiger partial charge in [0.1, 0.15) is 5.82 Å². The van der Waals surface area contributed by atoms with E-state index in [9.17, 15) is 4.39 Å². The Balaban J connectivity index is 1.74. The predicted molar refractivity (Wildman–Crippen MR) is 78.8 cm³/mol. The smallest absolute Gasteiger partial charge is 0.132 e. The van der Waals surface area contributed by atoms with E-state index in [2.05, 4.69) is 16.7 Å². The summed E-state index contributed by atoms with van der Waals surface area (Å²) in [6.45, 7) is 6.63. The van der Waals surface area contributed by atoms with E-state index in [1.54, 1.807) is 6.07 Å². The number of nitrogens with two attached hydrogens (primary N) is 1. The average Bonchev–Trinajstić information content (AvgIpc) is 2.88. The van der Waals surface area contributed by atoms with Crippen LogP contribution < -0.4 is 5.73 Å². The van der Waals surface area contributed by atoms with Gasteiger partial charge in [-0.1, -0.05) is 18.2 Å². The molecule has 2 atom stereocenters. The van der Waals surface area contributed by atoms with E-state index in [0.29, 0.717) is 24.2 Å². The lowest BCUT2D eigenvalue weighted by Gasteiger charge is -2.42. The Morgan fingerprint density at radius 2 is 2.10 bits per heavy atom. The van der Waals surface area contributed by atoms with Crippen LogP contribution in [0.4, 0.5) is 4.39 Å². The topological polar surface area (TPSA) is 32.5 Å². The van der Waals surface area contributed by atoms with Crippen LogP contribution in [-0.2, 0) is 13.1 Å². The third kappa shape index (κ3) is 2.60. The number of fused-ring (bicyclic) bond motifs is 1. The molecule has 20 heavy (non-hydrogen) atoms. The van der Waals surface area contributed by atoms with E-state index >= 15 is 0 Å². The largest absolute Gasteiger partial charge is 0.326 e. The van der Waals surface area contributed by atoms with Gasteiger partial charge in [-0.2, -0.15) is 0 Å². The number of rotatable bonds is 3. The van der Waals surface area contributed by atoms with E-state index in [0.717, 1.165) is 18.7 Å². The second kappa shape index (κ2) is 5.80. The normalized spacial score (nSPS) is 27.8. The highest BCUT2D eigenvalue weighted by atomic mass is 19.1. The number of hydrogen-bond acceptors (Lipinski definition) is 3. The number of piperazine rings is 1. The van der Waals surface area contributed by atoms with Crippen LogP contribution in [0.5, 0.6) is 0 Å². The minimum Gasteiger partial charge on any atom is -0.326 e. The molecule has 0 spiro atoms.